The van der Waals surface area contributed by atoms with Crippen LogP contribution in [0.15, 0.2) is 18.5 Å². The number of aromatic nitrogens is 1. The summed E-state index contributed by atoms with van der Waals surface area (Å²) in [6.07, 6.45) is 4.25. The molecule has 1 aliphatic heterocycles. The molecule has 0 spiro atoms. The Kier molecular flexibility index (Phi) is 4.16. The zero-order chi connectivity index (χ0) is 15.6. The molecule has 0 aliphatic carbocycles. The average Bonchev–Trinajstić information content (AvgIpc) is 2.46. The van der Waals surface area contributed by atoms with Crippen molar-refractivity contribution in [1.29, 1.82) is 0 Å². The fourth-order valence-electron chi connectivity index (χ4n) is 2.65. The largest absolute Gasteiger partial charge is 0.506 e. The summed E-state index contributed by atoms with van der Waals surface area (Å²) in [5.74, 6) is -1.21. The molecule has 0 saturated carbocycles. The molecule has 2 N–H and O–H groups in total. The summed E-state index contributed by atoms with van der Waals surface area (Å²) in [4.78, 5) is 29.2. The first kappa shape index (κ1) is 15.3. The molecular formula is C15H20N2O4. The van der Waals surface area contributed by atoms with Crippen LogP contribution in [0.4, 0.5) is 0 Å². The van der Waals surface area contributed by atoms with Crippen LogP contribution in [-0.4, -0.2) is 45.1 Å². The Morgan fingerprint density at radius 1 is 1.38 bits per heavy atom. The Morgan fingerprint density at radius 2 is 2.10 bits per heavy atom. The molecule has 6 heteroatoms. The molecular weight excluding hydrogens is 272 g/mol. The Morgan fingerprint density at radius 3 is 2.71 bits per heavy atom. The Hall–Kier alpha value is -2.11. The van der Waals surface area contributed by atoms with Crippen LogP contribution in [0.1, 0.15) is 37.0 Å². The van der Waals surface area contributed by atoms with Crippen molar-refractivity contribution in [3.8, 4) is 5.75 Å². The molecule has 1 unspecified atom stereocenters. The Balaban J connectivity index is 2.14. The van der Waals surface area contributed by atoms with Crippen LogP contribution in [0.2, 0.25) is 0 Å². The van der Waals surface area contributed by atoms with E-state index in [2.05, 4.69) is 4.98 Å². The first-order valence-corrected chi connectivity index (χ1v) is 6.99. The summed E-state index contributed by atoms with van der Waals surface area (Å²) < 4.78 is 0. The highest BCUT2D eigenvalue weighted by Gasteiger charge is 2.40. The summed E-state index contributed by atoms with van der Waals surface area (Å²) in [5, 5.41) is 18.7. The molecule has 1 aromatic rings. The van der Waals surface area contributed by atoms with Gasteiger partial charge in [-0.05, 0) is 38.7 Å². The van der Waals surface area contributed by atoms with Gasteiger partial charge in [-0.1, -0.05) is 0 Å². The van der Waals surface area contributed by atoms with Crippen molar-refractivity contribution in [1.82, 2.24) is 9.88 Å². The summed E-state index contributed by atoms with van der Waals surface area (Å²) in [5.41, 5.74) is -0.542. The minimum atomic E-state index is -0.865. The van der Waals surface area contributed by atoms with E-state index in [-0.39, 0.29) is 17.6 Å². The number of aliphatic carboxylic acids is 1. The number of nitrogens with zero attached hydrogens (tertiary/aromatic N) is 2. The number of pyridine rings is 1. The first-order chi connectivity index (χ1) is 9.82. The van der Waals surface area contributed by atoms with Gasteiger partial charge in [-0.2, -0.15) is 0 Å². The quantitative estimate of drug-likeness (QED) is 0.885. The topological polar surface area (TPSA) is 90.7 Å². The van der Waals surface area contributed by atoms with Gasteiger partial charge in [0.15, 0.2) is 0 Å². The molecule has 1 aromatic heterocycles. The van der Waals surface area contributed by atoms with Gasteiger partial charge in [0.1, 0.15) is 5.75 Å². The maximum atomic E-state index is 12.4. The van der Waals surface area contributed by atoms with Crippen molar-refractivity contribution >= 4 is 11.9 Å². The normalized spacial score (nSPS) is 19.3. The highest BCUT2D eigenvalue weighted by molar-refractivity contribution is 5.94. The first-order valence-electron chi connectivity index (χ1n) is 6.99. The van der Waals surface area contributed by atoms with Gasteiger partial charge >= 0.3 is 5.97 Å². The van der Waals surface area contributed by atoms with E-state index in [0.717, 1.165) is 12.8 Å². The minimum Gasteiger partial charge on any atom is -0.506 e. The van der Waals surface area contributed by atoms with Gasteiger partial charge in [0, 0.05) is 19.3 Å². The summed E-state index contributed by atoms with van der Waals surface area (Å²) in [6.45, 7) is 4.40. The van der Waals surface area contributed by atoms with E-state index < -0.39 is 11.4 Å². The van der Waals surface area contributed by atoms with E-state index >= 15 is 0 Å². The molecule has 1 aliphatic rings. The summed E-state index contributed by atoms with van der Waals surface area (Å²) in [6, 6.07) is 1.38. The fraction of sp³-hybridized carbons (Fsp3) is 0.533. The van der Waals surface area contributed by atoms with Gasteiger partial charge in [0.05, 0.1) is 17.2 Å². The average molecular weight is 292 g/mol. The number of hydrogen-bond donors (Lipinski definition) is 2. The lowest BCUT2D eigenvalue weighted by molar-refractivity contribution is -0.151. The van der Waals surface area contributed by atoms with Crippen molar-refractivity contribution in [3.63, 3.8) is 0 Å². The van der Waals surface area contributed by atoms with Crippen molar-refractivity contribution in [3.05, 3.63) is 24.0 Å². The second kappa shape index (κ2) is 5.71. The molecule has 21 heavy (non-hydrogen) atoms. The number of likely N-dealkylation sites (tertiary alicyclic amines) is 1. The van der Waals surface area contributed by atoms with Crippen LogP contribution in [0, 0.1) is 11.3 Å². The van der Waals surface area contributed by atoms with Crippen LogP contribution in [0.3, 0.4) is 0 Å². The second-order valence-electron chi connectivity index (χ2n) is 6.05. The van der Waals surface area contributed by atoms with Crippen molar-refractivity contribution in [2.75, 3.05) is 13.1 Å². The molecule has 0 bridgehead atoms. The maximum absolute atomic E-state index is 12.4. The predicted molar refractivity (Wildman–Crippen MR) is 75.9 cm³/mol. The van der Waals surface area contributed by atoms with Crippen LogP contribution < -0.4 is 0 Å². The van der Waals surface area contributed by atoms with Gasteiger partial charge in [-0.15, -0.1) is 0 Å². The summed E-state index contributed by atoms with van der Waals surface area (Å²) in [7, 11) is 0. The van der Waals surface area contributed by atoms with E-state index in [1.54, 1.807) is 18.7 Å². The molecule has 1 fully saturated rings. The third-order valence-corrected chi connectivity index (χ3v) is 4.25. The van der Waals surface area contributed by atoms with Gasteiger partial charge in [-0.3, -0.25) is 14.6 Å². The van der Waals surface area contributed by atoms with Crippen LogP contribution in [0.5, 0.6) is 5.75 Å². The lowest BCUT2D eigenvalue weighted by Crippen LogP contribution is -2.46. The third-order valence-electron chi connectivity index (χ3n) is 4.25. The molecule has 0 aromatic carbocycles. The van der Waals surface area contributed by atoms with Crippen LogP contribution in [0.25, 0.3) is 0 Å². The molecule has 1 amide bonds. The van der Waals surface area contributed by atoms with Gasteiger partial charge in [-0.25, -0.2) is 0 Å². The molecule has 1 saturated heterocycles. The van der Waals surface area contributed by atoms with E-state index in [0.29, 0.717) is 18.7 Å². The van der Waals surface area contributed by atoms with Gasteiger partial charge in [0.25, 0.3) is 5.91 Å². The fourth-order valence-corrected chi connectivity index (χ4v) is 2.65. The number of carbonyl (C=O) groups is 2. The number of rotatable bonds is 3. The minimum absolute atomic E-state index is 0.0553. The highest BCUT2D eigenvalue weighted by atomic mass is 16.4. The molecule has 0 radical (unpaired) electrons. The van der Waals surface area contributed by atoms with E-state index in [1.165, 1.54) is 18.5 Å². The monoisotopic (exact) mass is 292 g/mol. The second-order valence-corrected chi connectivity index (χ2v) is 6.05. The highest BCUT2D eigenvalue weighted by Crippen LogP contribution is 2.34. The van der Waals surface area contributed by atoms with Crippen LogP contribution in [-0.2, 0) is 4.79 Å². The number of aromatic hydroxyl groups is 1. The molecule has 2 rings (SSSR count). The standard InChI is InChI=1S/C15H20N2O4/c1-15(2,14(20)21)11-4-3-5-17(9-11)13(19)10-6-12(18)8-16-7-10/h6-8,11,18H,3-5,9H2,1-2H3,(H,20,21). The third kappa shape index (κ3) is 3.15. The number of amides is 1. The Labute approximate surface area is 123 Å². The van der Waals surface area contributed by atoms with Crippen molar-refractivity contribution in [2.45, 2.75) is 26.7 Å². The molecule has 1 atom stereocenters. The maximum Gasteiger partial charge on any atom is 0.309 e. The number of carboxylic acid groups (broad SMARTS) is 1. The number of piperidine rings is 1. The molecule has 6 nitrogen and oxygen atoms in total. The zero-order valence-corrected chi connectivity index (χ0v) is 12.2. The molecule has 114 valence electrons. The van der Waals surface area contributed by atoms with Gasteiger partial charge < -0.3 is 15.1 Å². The van der Waals surface area contributed by atoms with Gasteiger partial charge in [0.2, 0.25) is 0 Å². The molecule has 2 heterocycles. The van der Waals surface area contributed by atoms with Crippen LogP contribution >= 0.6 is 0 Å². The van der Waals surface area contributed by atoms with E-state index in [1.807, 2.05) is 0 Å². The summed E-state index contributed by atoms with van der Waals surface area (Å²) >= 11 is 0. The lowest BCUT2D eigenvalue weighted by Gasteiger charge is -2.39. The predicted octanol–water partition coefficient (Wildman–Crippen LogP) is 1.75. The van der Waals surface area contributed by atoms with Crippen molar-refractivity contribution in [2.24, 2.45) is 11.3 Å². The smallest absolute Gasteiger partial charge is 0.309 e. The van der Waals surface area contributed by atoms with Crippen molar-refractivity contribution < 1.29 is 19.8 Å². The SMILES string of the molecule is CC(C)(C(=O)O)C1CCCN(C(=O)c2cncc(O)c2)C1. The van der Waals surface area contributed by atoms with E-state index in [9.17, 15) is 19.8 Å². The number of carboxylic acids is 1. The van der Waals surface area contributed by atoms with E-state index in [4.69, 9.17) is 0 Å². The number of carbonyl (C=O) groups excluding carboxylic acids is 1. The number of hydrogen-bond acceptors (Lipinski definition) is 4. The Bertz CT molecular complexity index is 556. The lowest BCUT2D eigenvalue weighted by atomic mass is 9.74. The zero-order valence-electron chi connectivity index (χ0n) is 12.2.